The Balaban J connectivity index is 2.68. The quantitative estimate of drug-likeness (QED) is 0.631. The number of aryl methyl sites for hydroxylation is 1. The first-order valence-corrected chi connectivity index (χ1v) is 6.00. The Labute approximate surface area is 104 Å². The number of hydrogen-bond donors (Lipinski definition) is 2. The third kappa shape index (κ3) is 4.25. The van der Waals surface area contributed by atoms with Crippen LogP contribution in [0.2, 0.25) is 0 Å². The Hall–Kier alpha value is -1.87. The number of anilines is 1. The van der Waals surface area contributed by atoms with Crippen molar-refractivity contribution in [3.63, 3.8) is 0 Å². The van der Waals surface area contributed by atoms with Crippen LogP contribution in [0, 0.1) is 18.3 Å². The van der Waals surface area contributed by atoms with E-state index in [1.807, 2.05) is 32.2 Å². The zero-order chi connectivity index (χ0) is 12.8. The first kappa shape index (κ1) is 13.2. The summed E-state index contributed by atoms with van der Waals surface area (Å²) in [5.74, 6) is -0.386. The van der Waals surface area contributed by atoms with Crippen molar-refractivity contribution in [3.05, 3.63) is 22.8 Å². The molecule has 0 unspecified atom stereocenters. The predicted molar refractivity (Wildman–Crippen MR) is 67.4 cm³/mol. The highest BCUT2D eigenvalue weighted by molar-refractivity contribution is 7.13. The van der Waals surface area contributed by atoms with Gasteiger partial charge in [0.05, 0.1) is 5.69 Å². The van der Waals surface area contributed by atoms with Gasteiger partial charge in [-0.3, -0.25) is 4.79 Å². The summed E-state index contributed by atoms with van der Waals surface area (Å²) < 4.78 is 0. The maximum Gasteiger partial charge on any atom is 0.263 e. The average Bonchev–Trinajstić information content (AvgIpc) is 2.64. The van der Waals surface area contributed by atoms with Crippen molar-refractivity contribution in [1.29, 1.82) is 5.26 Å². The van der Waals surface area contributed by atoms with Crippen LogP contribution in [0.25, 0.3) is 0 Å². The topological polar surface area (TPSA) is 77.8 Å². The molecule has 0 radical (unpaired) electrons. The highest BCUT2D eigenvalue weighted by atomic mass is 32.1. The van der Waals surface area contributed by atoms with E-state index < -0.39 is 0 Å². The van der Waals surface area contributed by atoms with Gasteiger partial charge in [-0.2, -0.15) is 5.26 Å². The smallest absolute Gasteiger partial charge is 0.263 e. The Morgan fingerprint density at radius 2 is 2.35 bits per heavy atom. The van der Waals surface area contributed by atoms with E-state index in [9.17, 15) is 4.79 Å². The molecule has 5 nitrogen and oxygen atoms in total. The standard InChI is InChI=1S/C11H14N4OS/c1-7(2)14-10(16)9(4-12)5-13-11-15-8(3)6-17-11/h5-7H,1-3H3,(H,13,15)(H,14,16)/b9-5-. The van der Waals surface area contributed by atoms with Gasteiger partial charge in [-0.05, 0) is 20.8 Å². The van der Waals surface area contributed by atoms with E-state index in [0.29, 0.717) is 5.13 Å². The largest absolute Gasteiger partial charge is 0.349 e. The van der Waals surface area contributed by atoms with Gasteiger partial charge >= 0.3 is 0 Å². The summed E-state index contributed by atoms with van der Waals surface area (Å²) in [4.78, 5) is 15.7. The summed E-state index contributed by atoms with van der Waals surface area (Å²) in [6.07, 6.45) is 1.37. The van der Waals surface area contributed by atoms with Gasteiger partial charge in [0.2, 0.25) is 0 Å². The highest BCUT2D eigenvalue weighted by Gasteiger charge is 2.09. The molecule has 6 heteroatoms. The maximum atomic E-state index is 11.6. The fourth-order valence-electron chi connectivity index (χ4n) is 1.04. The van der Waals surface area contributed by atoms with Crippen molar-refractivity contribution in [3.8, 4) is 6.07 Å². The van der Waals surface area contributed by atoms with Gasteiger partial charge in [-0.25, -0.2) is 4.98 Å². The van der Waals surface area contributed by atoms with Crippen molar-refractivity contribution < 1.29 is 4.79 Å². The molecule has 0 aliphatic rings. The molecule has 0 spiro atoms. The number of carbonyl (C=O) groups excluding carboxylic acids is 1. The zero-order valence-corrected chi connectivity index (χ0v) is 10.8. The summed E-state index contributed by atoms with van der Waals surface area (Å²) in [5.41, 5.74) is 0.933. The molecule has 1 amide bonds. The molecule has 0 aromatic carbocycles. The zero-order valence-electron chi connectivity index (χ0n) is 9.94. The maximum absolute atomic E-state index is 11.6. The van der Waals surface area contributed by atoms with Crippen molar-refractivity contribution in [2.24, 2.45) is 0 Å². The number of carbonyl (C=O) groups is 1. The van der Waals surface area contributed by atoms with Gasteiger partial charge in [-0.15, -0.1) is 11.3 Å². The molecule has 1 heterocycles. The van der Waals surface area contributed by atoms with Crippen LogP contribution in [0.3, 0.4) is 0 Å². The molecule has 0 atom stereocenters. The molecule has 0 aliphatic carbocycles. The number of rotatable bonds is 4. The molecule has 0 saturated heterocycles. The molecule has 0 saturated carbocycles. The lowest BCUT2D eigenvalue weighted by atomic mass is 10.2. The van der Waals surface area contributed by atoms with E-state index >= 15 is 0 Å². The summed E-state index contributed by atoms with van der Waals surface area (Å²) >= 11 is 1.42. The second-order valence-corrected chi connectivity index (χ2v) is 4.59. The number of nitriles is 1. The van der Waals surface area contributed by atoms with Crippen molar-refractivity contribution in [2.45, 2.75) is 26.8 Å². The first-order chi connectivity index (χ1) is 8.02. The van der Waals surface area contributed by atoms with Crippen LogP contribution >= 0.6 is 11.3 Å². The number of amides is 1. The van der Waals surface area contributed by atoms with Crippen molar-refractivity contribution in [2.75, 3.05) is 5.32 Å². The number of nitrogens with zero attached hydrogens (tertiary/aromatic N) is 2. The normalized spacial score (nSPS) is 11.1. The van der Waals surface area contributed by atoms with E-state index in [4.69, 9.17) is 5.26 Å². The molecule has 1 rings (SSSR count). The summed E-state index contributed by atoms with van der Waals surface area (Å²) in [6.45, 7) is 5.55. The molecular formula is C11H14N4OS. The Bertz CT molecular complexity index is 470. The first-order valence-electron chi connectivity index (χ1n) is 5.12. The molecule has 0 bridgehead atoms. The Morgan fingerprint density at radius 1 is 1.65 bits per heavy atom. The van der Waals surface area contributed by atoms with Gasteiger partial charge in [-0.1, -0.05) is 0 Å². The monoisotopic (exact) mass is 250 g/mol. The minimum atomic E-state index is -0.386. The van der Waals surface area contributed by atoms with E-state index in [0.717, 1.165) is 5.69 Å². The number of thiazole rings is 1. The molecule has 17 heavy (non-hydrogen) atoms. The predicted octanol–water partition coefficient (Wildman–Crippen LogP) is 1.80. The SMILES string of the molecule is Cc1csc(N/C=C(/C#N)C(=O)NC(C)C)n1. The molecule has 1 aromatic heterocycles. The molecular weight excluding hydrogens is 236 g/mol. The van der Waals surface area contributed by atoms with Crippen LogP contribution < -0.4 is 10.6 Å². The molecule has 90 valence electrons. The number of aromatic nitrogens is 1. The van der Waals surface area contributed by atoms with Crippen molar-refractivity contribution >= 4 is 22.4 Å². The lowest BCUT2D eigenvalue weighted by Crippen LogP contribution is -2.31. The molecule has 1 aromatic rings. The summed E-state index contributed by atoms with van der Waals surface area (Å²) in [7, 11) is 0. The highest BCUT2D eigenvalue weighted by Crippen LogP contribution is 2.14. The Morgan fingerprint density at radius 3 is 2.82 bits per heavy atom. The molecule has 0 fully saturated rings. The van der Waals surface area contributed by atoms with E-state index in [2.05, 4.69) is 15.6 Å². The molecule has 2 N–H and O–H groups in total. The van der Waals surface area contributed by atoms with Crippen LogP contribution in [0.5, 0.6) is 0 Å². The minimum Gasteiger partial charge on any atom is -0.349 e. The van der Waals surface area contributed by atoms with Crippen molar-refractivity contribution in [1.82, 2.24) is 10.3 Å². The third-order valence-corrected chi connectivity index (χ3v) is 2.64. The van der Waals surface area contributed by atoms with Crippen LogP contribution in [0.1, 0.15) is 19.5 Å². The second kappa shape index (κ2) is 6.01. The van der Waals surface area contributed by atoms with E-state index in [1.165, 1.54) is 17.5 Å². The fraction of sp³-hybridized carbons (Fsp3) is 0.364. The fourth-order valence-corrected chi connectivity index (χ4v) is 1.70. The number of hydrogen-bond acceptors (Lipinski definition) is 5. The van der Waals surface area contributed by atoms with Gasteiger partial charge in [0.1, 0.15) is 11.6 Å². The van der Waals surface area contributed by atoms with Gasteiger partial charge in [0.15, 0.2) is 5.13 Å². The van der Waals surface area contributed by atoms with E-state index in [-0.39, 0.29) is 17.5 Å². The summed E-state index contributed by atoms with van der Waals surface area (Å²) in [6, 6.07) is 1.85. The van der Waals surface area contributed by atoms with Crippen LogP contribution in [-0.4, -0.2) is 16.9 Å². The lowest BCUT2D eigenvalue weighted by Gasteiger charge is -2.06. The summed E-state index contributed by atoms with van der Waals surface area (Å²) in [5, 5.41) is 16.9. The van der Waals surface area contributed by atoms with Crippen LogP contribution in [0.15, 0.2) is 17.2 Å². The second-order valence-electron chi connectivity index (χ2n) is 3.74. The van der Waals surface area contributed by atoms with Gasteiger partial charge in [0, 0.05) is 17.6 Å². The lowest BCUT2D eigenvalue weighted by molar-refractivity contribution is -0.117. The Kier molecular flexibility index (Phi) is 4.67. The molecule has 0 aliphatic heterocycles. The van der Waals surface area contributed by atoms with Gasteiger partial charge in [0.25, 0.3) is 5.91 Å². The average molecular weight is 250 g/mol. The van der Waals surface area contributed by atoms with E-state index in [1.54, 1.807) is 0 Å². The van der Waals surface area contributed by atoms with Crippen LogP contribution in [0.4, 0.5) is 5.13 Å². The van der Waals surface area contributed by atoms with Gasteiger partial charge < -0.3 is 10.6 Å². The van der Waals surface area contributed by atoms with Crippen LogP contribution in [-0.2, 0) is 4.79 Å². The minimum absolute atomic E-state index is 0.00126. The third-order valence-electron chi connectivity index (χ3n) is 1.74. The number of nitrogens with one attached hydrogen (secondary N) is 2.